The van der Waals surface area contributed by atoms with Crippen LogP contribution in [0, 0.1) is 0 Å². The zero-order valence-electron chi connectivity index (χ0n) is 15.6. The van der Waals surface area contributed by atoms with Crippen molar-refractivity contribution >= 4 is 33.9 Å². The molecule has 0 bridgehead atoms. The number of phenols is 1. The van der Waals surface area contributed by atoms with E-state index >= 15 is 0 Å². The van der Waals surface area contributed by atoms with Crippen LogP contribution in [0.25, 0.3) is 0 Å². The van der Waals surface area contributed by atoms with E-state index in [1.54, 1.807) is 12.3 Å². The van der Waals surface area contributed by atoms with E-state index in [9.17, 15) is 9.50 Å². The molecule has 146 valence electrons. The van der Waals surface area contributed by atoms with Crippen LogP contribution in [0.2, 0.25) is 0 Å². The van der Waals surface area contributed by atoms with Gasteiger partial charge in [0.25, 0.3) is 0 Å². The van der Waals surface area contributed by atoms with Crippen molar-refractivity contribution in [1.29, 1.82) is 0 Å². The number of nitrogens with one attached hydrogen (secondary N) is 1. The maximum Gasteiger partial charge on any atom is 0.207 e. The van der Waals surface area contributed by atoms with Crippen LogP contribution >= 0.6 is 11.5 Å². The predicted octanol–water partition coefficient (Wildman–Crippen LogP) is 5.28. The first-order valence-electron chi connectivity index (χ1n) is 9.45. The third-order valence-electron chi connectivity index (χ3n) is 4.74. The first-order valence-corrected chi connectivity index (χ1v) is 10.2. The number of pyridine rings is 1. The highest BCUT2D eigenvalue weighted by Crippen LogP contribution is 2.42. The highest BCUT2D eigenvalue weighted by molar-refractivity contribution is 7.09. The number of nitrogens with zero attached hydrogens (tertiary/aromatic N) is 4. The molecule has 0 radical (unpaired) electrons. The van der Waals surface area contributed by atoms with E-state index in [0.717, 1.165) is 54.3 Å². The van der Waals surface area contributed by atoms with Crippen molar-refractivity contribution in [2.24, 2.45) is 0 Å². The van der Waals surface area contributed by atoms with Crippen LogP contribution in [0.1, 0.15) is 43.7 Å². The molecule has 0 aliphatic carbocycles. The summed E-state index contributed by atoms with van der Waals surface area (Å²) in [7, 11) is 0. The van der Waals surface area contributed by atoms with E-state index in [4.69, 9.17) is 0 Å². The van der Waals surface area contributed by atoms with Gasteiger partial charge in [0.15, 0.2) is 17.8 Å². The van der Waals surface area contributed by atoms with Crippen LogP contribution in [-0.4, -0.2) is 26.0 Å². The second-order valence-electron chi connectivity index (χ2n) is 6.75. The molecule has 2 N–H and O–H groups in total. The van der Waals surface area contributed by atoms with Crippen LogP contribution in [0.4, 0.5) is 26.7 Å². The number of hydrogen-bond donors (Lipinski definition) is 2. The zero-order chi connectivity index (χ0) is 19.5. The normalized spacial score (nSPS) is 14.6. The Morgan fingerprint density at radius 2 is 2.21 bits per heavy atom. The van der Waals surface area contributed by atoms with Crippen molar-refractivity contribution in [3.63, 3.8) is 0 Å². The molecule has 28 heavy (non-hydrogen) atoms. The minimum atomic E-state index is -1.14. The number of hydrogen-bond acceptors (Lipinski definition) is 7. The minimum Gasteiger partial charge on any atom is -0.506 e. The molecule has 3 aromatic rings. The number of benzene rings is 1. The first kappa shape index (κ1) is 18.6. The highest BCUT2D eigenvalue weighted by atomic mass is 32.1. The van der Waals surface area contributed by atoms with Gasteiger partial charge in [-0.05, 0) is 43.0 Å². The molecule has 6 nitrogen and oxygen atoms in total. The Morgan fingerprint density at radius 1 is 1.32 bits per heavy atom. The lowest BCUT2D eigenvalue weighted by atomic mass is 10.0. The molecule has 8 heteroatoms. The van der Waals surface area contributed by atoms with Crippen LogP contribution in [0.3, 0.4) is 0 Å². The summed E-state index contributed by atoms with van der Waals surface area (Å²) in [4.78, 5) is 10.9. The van der Waals surface area contributed by atoms with E-state index < -0.39 is 6.17 Å². The smallest absolute Gasteiger partial charge is 0.207 e. The van der Waals surface area contributed by atoms with E-state index in [1.807, 2.05) is 36.1 Å². The molecular weight excluding hydrogens is 377 g/mol. The fourth-order valence-electron chi connectivity index (χ4n) is 3.46. The van der Waals surface area contributed by atoms with Gasteiger partial charge in [-0.1, -0.05) is 25.5 Å². The second-order valence-corrected chi connectivity index (χ2v) is 7.51. The summed E-state index contributed by atoms with van der Waals surface area (Å²) in [6.45, 7) is 2.69. The molecule has 1 atom stereocenters. The Labute approximate surface area is 167 Å². The Kier molecular flexibility index (Phi) is 5.38. The molecule has 0 amide bonds. The van der Waals surface area contributed by atoms with Crippen molar-refractivity contribution in [3.05, 3.63) is 47.9 Å². The molecule has 0 fully saturated rings. The van der Waals surface area contributed by atoms with E-state index in [-0.39, 0.29) is 11.6 Å². The number of aryl methyl sites for hydroxylation is 1. The lowest BCUT2D eigenvalue weighted by Gasteiger charge is -2.32. The number of para-hydroxylation sites is 1. The van der Waals surface area contributed by atoms with Crippen LogP contribution in [0.15, 0.2) is 36.5 Å². The summed E-state index contributed by atoms with van der Waals surface area (Å²) in [6.07, 6.45) is 3.63. The molecule has 4 rings (SSSR count). The predicted molar refractivity (Wildman–Crippen MR) is 110 cm³/mol. The van der Waals surface area contributed by atoms with Crippen LogP contribution < -0.4 is 10.2 Å². The third-order valence-corrected chi connectivity index (χ3v) is 5.39. The monoisotopic (exact) mass is 399 g/mol. The second kappa shape index (κ2) is 8.10. The lowest BCUT2D eigenvalue weighted by Crippen LogP contribution is -2.26. The quantitative estimate of drug-likeness (QED) is 0.588. The van der Waals surface area contributed by atoms with Crippen molar-refractivity contribution in [2.45, 2.75) is 38.8 Å². The maximum atomic E-state index is 14.1. The van der Waals surface area contributed by atoms with Crippen molar-refractivity contribution in [2.75, 3.05) is 16.8 Å². The first-order chi connectivity index (χ1) is 13.7. The van der Waals surface area contributed by atoms with Gasteiger partial charge < -0.3 is 15.3 Å². The number of anilines is 4. The van der Waals surface area contributed by atoms with E-state index in [2.05, 4.69) is 19.7 Å². The number of aromatic hydroxyl groups is 1. The Balaban J connectivity index is 1.65. The number of halogens is 1. The van der Waals surface area contributed by atoms with Crippen LogP contribution in [-0.2, 0) is 6.42 Å². The van der Waals surface area contributed by atoms with Gasteiger partial charge in [-0.2, -0.15) is 4.37 Å². The number of fused-ring (bicyclic) bond motifs is 1. The van der Waals surface area contributed by atoms with Gasteiger partial charge in [0, 0.05) is 24.3 Å². The minimum absolute atomic E-state index is 0.223. The average Bonchev–Trinajstić information content (AvgIpc) is 3.17. The summed E-state index contributed by atoms with van der Waals surface area (Å²) >= 11 is 1.13. The molecule has 2 aromatic heterocycles. The van der Waals surface area contributed by atoms with Gasteiger partial charge >= 0.3 is 0 Å². The standard InChI is InChI=1S/C20H22FN5OS/c1-2-6-14(21)18-24-20(28-25-18)23-15-9-4-11-22-19(15)26-12-5-8-13-7-3-10-16(27)17(13)26/h3-4,7,9-11,14,27H,2,5-6,8,12H2,1H3,(H,23,24,25). The summed E-state index contributed by atoms with van der Waals surface area (Å²) in [6, 6.07) is 9.32. The van der Waals surface area contributed by atoms with Gasteiger partial charge in [0.1, 0.15) is 5.75 Å². The van der Waals surface area contributed by atoms with Crippen LogP contribution in [0.5, 0.6) is 5.75 Å². The summed E-state index contributed by atoms with van der Waals surface area (Å²) in [5, 5.41) is 14.2. The molecule has 1 aliphatic heterocycles. The number of alkyl halides is 1. The maximum absolute atomic E-state index is 14.1. The molecule has 0 saturated heterocycles. The van der Waals surface area contributed by atoms with Gasteiger partial charge in [-0.3, -0.25) is 0 Å². The summed E-state index contributed by atoms with van der Waals surface area (Å²) in [5.74, 6) is 1.17. The third kappa shape index (κ3) is 3.64. The molecule has 0 spiro atoms. The van der Waals surface area contributed by atoms with Gasteiger partial charge in [-0.15, -0.1) is 0 Å². The van der Waals surface area contributed by atoms with Gasteiger partial charge in [0.2, 0.25) is 5.13 Å². The number of phenolic OH excluding ortho intramolecular Hbond substituents is 1. The molecule has 1 aromatic carbocycles. The average molecular weight is 399 g/mol. The van der Waals surface area contributed by atoms with Crippen molar-refractivity contribution in [3.8, 4) is 5.75 Å². The Bertz CT molecular complexity index is 963. The largest absolute Gasteiger partial charge is 0.506 e. The molecule has 0 saturated carbocycles. The molecule has 1 aliphatic rings. The lowest BCUT2D eigenvalue weighted by molar-refractivity contribution is 0.308. The topological polar surface area (TPSA) is 74.2 Å². The van der Waals surface area contributed by atoms with E-state index in [0.29, 0.717) is 17.4 Å². The highest BCUT2D eigenvalue weighted by Gasteiger charge is 2.25. The number of aromatic nitrogens is 3. The van der Waals surface area contributed by atoms with E-state index in [1.165, 1.54) is 0 Å². The van der Waals surface area contributed by atoms with Gasteiger partial charge in [-0.25, -0.2) is 14.4 Å². The van der Waals surface area contributed by atoms with Crippen molar-refractivity contribution < 1.29 is 9.50 Å². The van der Waals surface area contributed by atoms with Gasteiger partial charge in [0.05, 0.1) is 11.4 Å². The number of rotatable bonds is 6. The Hall–Kier alpha value is -2.74. The summed E-state index contributed by atoms with van der Waals surface area (Å²) < 4.78 is 18.2. The Morgan fingerprint density at radius 3 is 3.07 bits per heavy atom. The fraction of sp³-hybridized carbons (Fsp3) is 0.350. The zero-order valence-corrected chi connectivity index (χ0v) is 16.4. The van der Waals surface area contributed by atoms with Crippen molar-refractivity contribution in [1.82, 2.24) is 14.3 Å². The summed E-state index contributed by atoms with van der Waals surface area (Å²) in [5.41, 5.74) is 2.63. The fourth-order valence-corrected chi connectivity index (χ4v) is 4.09. The SMILES string of the molecule is CCCC(F)c1nsc(Nc2cccnc2N2CCCc3cccc(O)c32)n1. The molecular formula is C20H22FN5OS. The molecule has 1 unspecified atom stereocenters. The molecule has 3 heterocycles.